The molecule has 0 aromatic carbocycles. The van der Waals surface area contributed by atoms with Gasteiger partial charge in [-0.1, -0.05) is 34.6 Å². The summed E-state index contributed by atoms with van der Waals surface area (Å²) >= 11 is 0. The lowest BCUT2D eigenvalue weighted by molar-refractivity contribution is -0.344. The lowest BCUT2D eigenvalue weighted by atomic mass is 9.37. The molecule has 0 bridgehead atoms. The van der Waals surface area contributed by atoms with Crippen molar-refractivity contribution >= 4 is 0 Å². The number of aliphatic hydroxyl groups excluding tert-OH is 7. The van der Waals surface area contributed by atoms with Gasteiger partial charge in [0, 0.05) is 5.41 Å². The third-order valence-electron chi connectivity index (χ3n) is 15.6. The van der Waals surface area contributed by atoms with Crippen LogP contribution in [0.25, 0.3) is 0 Å². The summed E-state index contributed by atoms with van der Waals surface area (Å²) in [6.45, 7) is 13.8. The van der Waals surface area contributed by atoms with Crippen LogP contribution in [0.15, 0.2) is 0 Å². The van der Waals surface area contributed by atoms with Crippen LogP contribution in [0.4, 0.5) is 0 Å². The second-order valence-corrected chi connectivity index (χ2v) is 18.3. The summed E-state index contributed by atoms with van der Waals surface area (Å²) < 4.78 is 12.8. The van der Waals surface area contributed by atoms with Crippen LogP contribution in [0.1, 0.15) is 106 Å². The van der Waals surface area contributed by atoms with Gasteiger partial charge in [0.2, 0.25) is 0 Å². The smallest absolute Gasteiger partial charge is 0.186 e. The summed E-state index contributed by atoms with van der Waals surface area (Å²) in [5, 5.41) is 85.2. The van der Waals surface area contributed by atoms with E-state index in [2.05, 4.69) is 34.6 Å². The van der Waals surface area contributed by atoms with Crippen LogP contribution in [0.3, 0.4) is 0 Å². The zero-order valence-corrected chi connectivity index (χ0v) is 29.0. The van der Waals surface area contributed by atoms with Gasteiger partial charge in [0.15, 0.2) is 6.29 Å². The topological polar surface area (TPSA) is 180 Å². The normalized spacial score (nSPS) is 53.3. The molecule has 10 nitrogen and oxygen atoms in total. The first-order chi connectivity index (χ1) is 21.2. The minimum atomic E-state index is -1.52. The molecule has 0 amide bonds. The molecule has 5 aliphatic carbocycles. The summed E-state index contributed by atoms with van der Waals surface area (Å²) in [6, 6.07) is 0. The van der Waals surface area contributed by atoms with Crippen molar-refractivity contribution in [2.24, 2.45) is 50.7 Å². The van der Waals surface area contributed by atoms with E-state index >= 15 is 0 Å². The Hall–Kier alpha value is -0.400. The van der Waals surface area contributed by atoms with E-state index in [1.165, 1.54) is 13.8 Å². The average Bonchev–Trinajstić information content (AvgIpc) is 3.55. The Morgan fingerprint density at radius 2 is 1.57 bits per heavy atom. The summed E-state index contributed by atoms with van der Waals surface area (Å²) in [6.07, 6.45) is -1.90. The van der Waals surface area contributed by atoms with Crippen LogP contribution in [-0.2, 0) is 9.47 Å². The minimum Gasteiger partial charge on any atom is -0.394 e. The van der Waals surface area contributed by atoms with Crippen LogP contribution in [0.2, 0.25) is 0 Å². The first-order valence-corrected chi connectivity index (χ1v) is 18.0. The van der Waals surface area contributed by atoms with Crippen LogP contribution >= 0.6 is 0 Å². The van der Waals surface area contributed by atoms with Crippen molar-refractivity contribution < 1.29 is 50.3 Å². The number of rotatable bonds is 8. The first kappa shape index (κ1) is 35.4. The van der Waals surface area contributed by atoms with Crippen molar-refractivity contribution in [2.45, 2.75) is 167 Å². The number of hydrogen-bond acceptors (Lipinski definition) is 10. The molecule has 0 spiro atoms. The fourth-order valence-corrected chi connectivity index (χ4v) is 13.1. The van der Waals surface area contributed by atoms with Crippen molar-refractivity contribution in [1.29, 1.82) is 0 Å². The molecule has 8 N–H and O–H groups in total. The summed E-state index contributed by atoms with van der Waals surface area (Å²) in [5.74, 6) is 0.913. The lowest BCUT2D eigenvalue weighted by Crippen LogP contribution is -2.68. The molecule has 1 heterocycles. The molecular formula is C36H62O10. The van der Waals surface area contributed by atoms with E-state index in [9.17, 15) is 40.9 Å². The summed E-state index contributed by atoms with van der Waals surface area (Å²) in [4.78, 5) is 0. The van der Waals surface area contributed by atoms with Gasteiger partial charge in [0.1, 0.15) is 30.5 Å². The maximum atomic E-state index is 11.2. The zero-order chi connectivity index (χ0) is 34.0. The predicted octanol–water partition coefficient (Wildman–Crippen LogP) is 2.10. The van der Waals surface area contributed by atoms with Gasteiger partial charge in [-0.15, -0.1) is 0 Å². The Kier molecular flexibility index (Phi) is 8.71. The van der Waals surface area contributed by atoms with E-state index in [1.54, 1.807) is 0 Å². The largest absolute Gasteiger partial charge is 0.394 e. The summed E-state index contributed by atoms with van der Waals surface area (Å²) in [5.41, 5.74) is -2.08. The molecule has 46 heavy (non-hydrogen) atoms. The van der Waals surface area contributed by atoms with E-state index in [0.717, 1.165) is 44.9 Å². The number of fused-ring (bicyclic) bond motifs is 3. The van der Waals surface area contributed by atoms with Gasteiger partial charge in [0.25, 0.3) is 0 Å². The fraction of sp³-hybridized carbons (Fsp3) is 1.00. The Morgan fingerprint density at radius 1 is 0.891 bits per heavy atom. The van der Waals surface area contributed by atoms with Crippen molar-refractivity contribution in [3.8, 4) is 0 Å². The predicted molar refractivity (Wildman–Crippen MR) is 169 cm³/mol. The van der Waals surface area contributed by atoms with Crippen LogP contribution in [-0.4, -0.2) is 108 Å². The molecule has 5 saturated carbocycles. The van der Waals surface area contributed by atoms with Crippen LogP contribution in [0.5, 0.6) is 0 Å². The van der Waals surface area contributed by atoms with Crippen molar-refractivity contribution in [3.05, 3.63) is 0 Å². The Bertz CT molecular complexity index is 1140. The highest BCUT2D eigenvalue weighted by Gasteiger charge is 2.85. The molecule has 6 rings (SSSR count). The monoisotopic (exact) mass is 654 g/mol. The van der Waals surface area contributed by atoms with E-state index in [0.29, 0.717) is 18.8 Å². The van der Waals surface area contributed by atoms with Crippen LogP contribution in [0, 0.1) is 50.7 Å². The van der Waals surface area contributed by atoms with E-state index in [-0.39, 0.29) is 50.9 Å². The van der Waals surface area contributed by atoms with Gasteiger partial charge in [0.05, 0.1) is 30.5 Å². The molecule has 0 aromatic heterocycles. The quantitative estimate of drug-likeness (QED) is 0.181. The van der Waals surface area contributed by atoms with Gasteiger partial charge >= 0.3 is 0 Å². The first-order valence-electron chi connectivity index (χ1n) is 18.0. The number of aliphatic hydroxyl groups is 8. The highest BCUT2D eigenvalue weighted by atomic mass is 16.7. The Labute approximate surface area is 274 Å². The van der Waals surface area contributed by atoms with Crippen LogP contribution < -0.4 is 0 Å². The van der Waals surface area contributed by atoms with Gasteiger partial charge < -0.3 is 50.3 Å². The Balaban J connectivity index is 1.35. The third-order valence-corrected chi connectivity index (χ3v) is 15.6. The van der Waals surface area contributed by atoms with Gasteiger partial charge in [-0.2, -0.15) is 0 Å². The molecule has 6 aliphatic rings. The molecule has 6 fully saturated rings. The van der Waals surface area contributed by atoms with Gasteiger partial charge in [-0.3, -0.25) is 0 Å². The maximum absolute atomic E-state index is 11.2. The van der Waals surface area contributed by atoms with Crippen molar-refractivity contribution in [1.82, 2.24) is 0 Å². The molecule has 10 heteroatoms. The molecule has 266 valence electrons. The molecule has 0 aromatic rings. The SMILES string of the molecule is C[C@@H](CC(O)C(O)C(C)(C)O)C1CCC23CC12CCC1[C@@]2(C)CCC(O)C(C)(C)C2CC(OC2OC(CO)C(O)C(O)C2O)[C@]13C. The maximum Gasteiger partial charge on any atom is 0.186 e. The molecule has 1 saturated heterocycles. The molecule has 0 radical (unpaired) electrons. The molecule has 14 unspecified atom stereocenters. The second kappa shape index (κ2) is 11.3. The highest BCUT2D eigenvalue weighted by molar-refractivity contribution is 5.33. The van der Waals surface area contributed by atoms with Crippen molar-refractivity contribution in [3.63, 3.8) is 0 Å². The number of ether oxygens (including phenoxy) is 2. The van der Waals surface area contributed by atoms with E-state index < -0.39 is 61.2 Å². The molecule has 1 aliphatic heterocycles. The minimum absolute atomic E-state index is 0.0331. The number of hydrogen-bond donors (Lipinski definition) is 8. The lowest BCUT2D eigenvalue weighted by Gasteiger charge is -2.69. The van der Waals surface area contributed by atoms with Gasteiger partial charge in [-0.05, 0) is 117 Å². The van der Waals surface area contributed by atoms with Gasteiger partial charge in [-0.25, -0.2) is 0 Å². The molecular weight excluding hydrogens is 592 g/mol. The fourth-order valence-electron chi connectivity index (χ4n) is 13.1. The van der Waals surface area contributed by atoms with Crippen molar-refractivity contribution in [2.75, 3.05) is 6.61 Å². The standard InChI is InChI=1S/C36H62O10/c1-18(14-20(38)29(43)32(4,5)44)19-8-13-36-17-35(19,36)12-9-22-33(6)11-10-24(39)31(2,3)23(33)15-25(34(22,36)7)46-30-28(42)27(41)26(40)21(16-37)45-30/h18-30,37-44H,8-17H2,1-7H3/t18-,19?,20?,21?,22?,23?,24?,25?,26?,27?,28?,29?,30?,33+,34-,35?,36?/m0/s1. The van der Waals surface area contributed by atoms with E-state index in [4.69, 9.17) is 9.47 Å². The highest BCUT2D eigenvalue weighted by Crippen LogP contribution is 2.91. The Morgan fingerprint density at radius 3 is 2.20 bits per heavy atom. The second-order valence-electron chi connectivity index (χ2n) is 18.3. The third kappa shape index (κ3) is 4.71. The average molecular weight is 655 g/mol. The zero-order valence-electron chi connectivity index (χ0n) is 29.0. The van der Waals surface area contributed by atoms with E-state index in [1.807, 2.05) is 0 Å². The molecule has 17 atom stereocenters. The summed E-state index contributed by atoms with van der Waals surface area (Å²) in [7, 11) is 0.